The number of piperidine rings is 1. The Bertz CT molecular complexity index is 590. The smallest absolute Gasteiger partial charge is 0.288 e. The highest BCUT2D eigenvalue weighted by Gasteiger charge is 2.37. The van der Waals surface area contributed by atoms with Gasteiger partial charge in [-0.3, -0.25) is 14.9 Å². The van der Waals surface area contributed by atoms with E-state index in [-0.39, 0.29) is 16.6 Å². The van der Waals surface area contributed by atoms with Gasteiger partial charge in [-0.1, -0.05) is 18.0 Å². The van der Waals surface area contributed by atoms with Crippen LogP contribution in [-0.4, -0.2) is 28.3 Å². The van der Waals surface area contributed by atoms with Crippen LogP contribution < -0.4 is 0 Å². The molecule has 0 spiro atoms. The average molecular weight is 309 g/mol. The summed E-state index contributed by atoms with van der Waals surface area (Å²) in [5.74, 6) is 0.497. The number of likely N-dealkylation sites (tertiary alicyclic amines) is 1. The number of benzene rings is 1. The molecule has 5 nitrogen and oxygen atoms in total. The molecule has 21 heavy (non-hydrogen) atoms. The molecule has 1 aliphatic carbocycles. The normalized spacial score (nSPS) is 24.7. The van der Waals surface area contributed by atoms with E-state index in [0.717, 1.165) is 19.4 Å². The summed E-state index contributed by atoms with van der Waals surface area (Å²) in [6.07, 6.45) is 5.61. The third kappa shape index (κ3) is 2.62. The van der Waals surface area contributed by atoms with E-state index in [2.05, 4.69) is 0 Å². The van der Waals surface area contributed by atoms with Crippen molar-refractivity contribution >= 4 is 23.2 Å². The van der Waals surface area contributed by atoms with Crippen LogP contribution in [0.2, 0.25) is 5.02 Å². The van der Waals surface area contributed by atoms with Gasteiger partial charge >= 0.3 is 0 Å². The first-order valence-corrected chi connectivity index (χ1v) is 7.70. The van der Waals surface area contributed by atoms with Crippen molar-refractivity contribution in [2.75, 3.05) is 6.54 Å². The molecule has 1 amide bonds. The van der Waals surface area contributed by atoms with Gasteiger partial charge in [-0.2, -0.15) is 0 Å². The van der Waals surface area contributed by atoms with Gasteiger partial charge in [0.1, 0.15) is 5.02 Å². The van der Waals surface area contributed by atoms with E-state index in [1.54, 1.807) is 6.07 Å². The van der Waals surface area contributed by atoms with Crippen molar-refractivity contribution in [2.24, 2.45) is 5.92 Å². The van der Waals surface area contributed by atoms with E-state index in [4.69, 9.17) is 11.6 Å². The number of nitro groups is 1. The van der Waals surface area contributed by atoms with Crippen LogP contribution in [0.1, 0.15) is 42.5 Å². The summed E-state index contributed by atoms with van der Waals surface area (Å²) in [4.78, 5) is 25.0. The Labute approximate surface area is 128 Å². The number of nitro benzene ring substituents is 1. The Morgan fingerprint density at radius 3 is 2.81 bits per heavy atom. The van der Waals surface area contributed by atoms with Crippen molar-refractivity contribution in [3.63, 3.8) is 0 Å². The fourth-order valence-electron chi connectivity index (χ4n) is 3.66. The molecule has 0 aromatic heterocycles. The lowest BCUT2D eigenvalue weighted by molar-refractivity contribution is -0.384. The minimum atomic E-state index is -0.548. The van der Waals surface area contributed by atoms with E-state index >= 15 is 0 Å². The number of carbonyl (C=O) groups is 1. The minimum absolute atomic E-state index is 0.0638. The maximum absolute atomic E-state index is 12.7. The molecule has 0 radical (unpaired) electrons. The van der Waals surface area contributed by atoms with E-state index in [1.807, 2.05) is 4.90 Å². The second-order valence-electron chi connectivity index (χ2n) is 5.82. The molecule has 1 saturated heterocycles. The fraction of sp³-hybridized carbons (Fsp3) is 0.533. The fourth-order valence-corrected chi connectivity index (χ4v) is 3.84. The molecular weight excluding hydrogens is 292 g/mol. The highest BCUT2D eigenvalue weighted by Crippen LogP contribution is 2.37. The molecule has 0 bridgehead atoms. The topological polar surface area (TPSA) is 63.4 Å². The second kappa shape index (κ2) is 5.64. The van der Waals surface area contributed by atoms with Crippen LogP contribution in [0, 0.1) is 16.0 Å². The van der Waals surface area contributed by atoms with Gasteiger partial charge in [0.05, 0.1) is 4.92 Å². The molecular formula is C15H17ClN2O3. The largest absolute Gasteiger partial charge is 0.335 e. The molecule has 0 N–H and O–H groups in total. The number of fused-ring (bicyclic) bond motifs is 1. The molecule has 3 rings (SSSR count). The molecule has 1 aromatic rings. The zero-order chi connectivity index (χ0) is 15.0. The lowest BCUT2D eigenvalue weighted by Crippen LogP contribution is -2.46. The van der Waals surface area contributed by atoms with Crippen LogP contribution in [0.5, 0.6) is 0 Å². The summed E-state index contributed by atoms with van der Waals surface area (Å²) in [6, 6.07) is 4.61. The van der Waals surface area contributed by atoms with Gasteiger partial charge in [-0.25, -0.2) is 0 Å². The lowest BCUT2D eigenvalue weighted by Gasteiger charge is -2.37. The first-order chi connectivity index (χ1) is 10.1. The van der Waals surface area contributed by atoms with Crippen LogP contribution in [-0.2, 0) is 0 Å². The zero-order valence-corrected chi connectivity index (χ0v) is 12.4. The molecule has 1 heterocycles. The Hall–Kier alpha value is -1.62. The lowest BCUT2D eigenvalue weighted by atomic mass is 9.91. The number of nitrogens with zero attached hydrogens (tertiary/aromatic N) is 2. The van der Waals surface area contributed by atoms with Gasteiger partial charge in [0.15, 0.2) is 0 Å². The summed E-state index contributed by atoms with van der Waals surface area (Å²) in [7, 11) is 0. The van der Waals surface area contributed by atoms with Crippen LogP contribution in [0.3, 0.4) is 0 Å². The molecule has 6 heteroatoms. The van der Waals surface area contributed by atoms with Crippen molar-refractivity contribution in [1.82, 2.24) is 4.90 Å². The maximum atomic E-state index is 12.7. The molecule has 112 valence electrons. The van der Waals surface area contributed by atoms with Gasteiger partial charge < -0.3 is 4.90 Å². The van der Waals surface area contributed by atoms with Crippen molar-refractivity contribution in [3.05, 3.63) is 38.9 Å². The summed E-state index contributed by atoms with van der Waals surface area (Å²) >= 11 is 5.80. The zero-order valence-electron chi connectivity index (χ0n) is 11.6. The summed E-state index contributed by atoms with van der Waals surface area (Å²) in [6.45, 7) is 0.746. The van der Waals surface area contributed by atoms with Crippen molar-refractivity contribution < 1.29 is 9.72 Å². The van der Waals surface area contributed by atoms with Crippen LogP contribution >= 0.6 is 11.6 Å². The van der Waals surface area contributed by atoms with Crippen molar-refractivity contribution in [1.29, 1.82) is 0 Å². The predicted molar refractivity (Wildman–Crippen MR) is 79.5 cm³/mol. The molecule has 1 aliphatic heterocycles. The standard InChI is InChI=1S/C15H17ClN2O3/c16-12-7-6-11(9-14(12)18(20)21)15(19)17-8-2-4-10-3-1-5-13(10)17/h6-7,9-10,13H,1-5,8H2. The third-order valence-electron chi connectivity index (χ3n) is 4.64. The highest BCUT2D eigenvalue weighted by atomic mass is 35.5. The quantitative estimate of drug-likeness (QED) is 0.619. The predicted octanol–water partition coefficient (Wildman–Crippen LogP) is 3.65. The van der Waals surface area contributed by atoms with E-state index in [1.165, 1.54) is 31.4 Å². The summed E-state index contributed by atoms with van der Waals surface area (Å²) in [5.41, 5.74) is 0.154. The van der Waals surface area contributed by atoms with E-state index < -0.39 is 4.92 Å². The van der Waals surface area contributed by atoms with Gasteiger partial charge in [0.25, 0.3) is 11.6 Å². The third-order valence-corrected chi connectivity index (χ3v) is 4.96. The SMILES string of the molecule is O=C(c1ccc(Cl)c([N+](=O)[O-])c1)N1CCCC2CCCC21. The monoisotopic (exact) mass is 308 g/mol. The Kier molecular flexibility index (Phi) is 3.85. The molecule has 2 fully saturated rings. The number of hydrogen-bond donors (Lipinski definition) is 0. The van der Waals surface area contributed by atoms with Gasteiger partial charge in [0.2, 0.25) is 0 Å². The van der Waals surface area contributed by atoms with Crippen LogP contribution in [0.15, 0.2) is 18.2 Å². The number of rotatable bonds is 2. The molecule has 2 aliphatic rings. The number of halogens is 1. The Morgan fingerprint density at radius 2 is 2.05 bits per heavy atom. The van der Waals surface area contributed by atoms with Crippen LogP contribution in [0.4, 0.5) is 5.69 Å². The van der Waals surface area contributed by atoms with Gasteiger partial charge in [-0.15, -0.1) is 0 Å². The van der Waals surface area contributed by atoms with Crippen molar-refractivity contribution in [3.8, 4) is 0 Å². The molecule has 1 aromatic carbocycles. The summed E-state index contributed by atoms with van der Waals surface area (Å²) < 4.78 is 0. The molecule has 2 unspecified atom stereocenters. The van der Waals surface area contributed by atoms with E-state index in [9.17, 15) is 14.9 Å². The summed E-state index contributed by atoms with van der Waals surface area (Å²) in [5, 5.41) is 11.0. The first-order valence-electron chi connectivity index (χ1n) is 7.33. The first kappa shape index (κ1) is 14.3. The Morgan fingerprint density at radius 1 is 1.29 bits per heavy atom. The minimum Gasteiger partial charge on any atom is -0.335 e. The van der Waals surface area contributed by atoms with Crippen molar-refractivity contribution in [2.45, 2.75) is 38.1 Å². The highest BCUT2D eigenvalue weighted by molar-refractivity contribution is 6.32. The average Bonchev–Trinajstić information content (AvgIpc) is 2.95. The van der Waals surface area contributed by atoms with Gasteiger partial charge in [-0.05, 0) is 43.7 Å². The second-order valence-corrected chi connectivity index (χ2v) is 6.23. The Balaban J connectivity index is 1.88. The molecule has 2 atom stereocenters. The van der Waals surface area contributed by atoms with Crippen LogP contribution in [0.25, 0.3) is 0 Å². The number of hydrogen-bond acceptors (Lipinski definition) is 3. The number of carbonyl (C=O) groups excluding carboxylic acids is 1. The van der Waals surface area contributed by atoms with E-state index in [0.29, 0.717) is 17.5 Å². The van der Waals surface area contributed by atoms with Gasteiger partial charge in [0, 0.05) is 24.2 Å². The maximum Gasteiger partial charge on any atom is 0.288 e. The molecule has 1 saturated carbocycles. The number of amides is 1.